The van der Waals surface area contributed by atoms with Gasteiger partial charge in [0.1, 0.15) is 17.3 Å². The lowest BCUT2D eigenvalue weighted by Crippen LogP contribution is -2.29. The van der Waals surface area contributed by atoms with Crippen molar-refractivity contribution in [3.63, 3.8) is 0 Å². The van der Waals surface area contributed by atoms with Crippen LogP contribution in [0.25, 0.3) is 5.76 Å². The van der Waals surface area contributed by atoms with Crippen molar-refractivity contribution in [3.05, 3.63) is 88.5 Å². The molecule has 1 unspecified atom stereocenters. The Bertz CT molecular complexity index is 1420. The Labute approximate surface area is 230 Å². The number of amides is 1. The summed E-state index contributed by atoms with van der Waals surface area (Å²) in [6, 6.07) is 17.6. The van der Waals surface area contributed by atoms with Gasteiger partial charge in [0.25, 0.3) is 11.7 Å². The van der Waals surface area contributed by atoms with E-state index in [1.165, 1.54) is 4.90 Å². The van der Waals surface area contributed by atoms with Crippen molar-refractivity contribution in [2.24, 2.45) is 0 Å². The number of ketones is 1. The highest BCUT2D eigenvalue weighted by molar-refractivity contribution is 6.51. The summed E-state index contributed by atoms with van der Waals surface area (Å²) in [4.78, 5) is 30.7. The molecule has 0 bridgehead atoms. The second-order valence-electron chi connectivity index (χ2n) is 10.1. The highest BCUT2D eigenvalue weighted by atomic mass is 16.5. The monoisotopic (exact) mass is 528 g/mol. The van der Waals surface area contributed by atoms with Crippen LogP contribution < -0.4 is 19.3 Å². The van der Waals surface area contributed by atoms with Crippen LogP contribution in [0.3, 0.4) is 0 Å². The van der Waals surface area contributed by atoms with Gasteiger partial charge in [-0.3, -0.25) is 14.5 Å². The molecule has 1 fully saturated rings. The predicted octanol–water partition coefficient (Wildman–Crippen LogP) is 6.22. The van der Waals surface area contributed by atoms with Gasteiger partial charge in [0.05, 0.1) is 25.3 Å². The lowest BCUT2D eigenvalue weighted by atomic mass is 9.91. The van der Waals surface area contributed by atoms with Crippen LogP contribution in [-0.4, -0.2) is 44.6 Å². The Morgan fingerprint density at radius 1 is 1.05 bits per heavy atom. The number of carbonyl (C=O) groups excluding carboxylic acids is 2. The van der Waals surface area contributed by atoms with Crippen molar-refractivity contribution in [3.8, 4) is 11.5 Å². The minimum Gasteiger partial charge on any atom is -0.507 e. The van der Waals surface area contributed by atoms with E-state index < -0.39 is 17.7 Å². The number of hydrogen-bond donors (Lipinski definition) is 1. The molecular formula is C32H36N2O5. The molecule has 1 atom stereocenters. The number of aliphatic hydroxyl groups is 1. The smallest absolute Gasteiger partial charge is 0.300 e. The lowest BCUT2D eigenvalue weighted by Gasteiger charge is -2.26. The number of anilines is 2. The molecule has 4 rings (SSSR count). The van der Waals surface area contributed by atoms with Crippen LogP contribution in [-0.2, 0) is 9.59 Å². The van der Waals surface area contributed by atoms with Crippen LogP contribution in [0.2, 0.25) is 0 Å². The zero-order valence-electron chi connectivity index (χ0n) is 23.6. The number of aryl methyl sites for hydroxylation is 1. The number of rotatable bonds is 8. The van der Waals surface area contributed by atoms with Crippen LogP contribution in [0.4, 0.5) is 11.4 Å². The van der Waals surface area contributed by atoms with Crippen molar-refractivity contribution in [1.82, 2.24) is 0 Å². The van der Waals surface area contributed by atoms with Crippen LogP contribution >= 0.6 is 0 Å². The van der Waals surface area contributed by atoms with E-state index in [1.54, 1.807) is 31.4 Å². The number of methoxy groups -OCH3 is 1. The molecule has 0 radical (unpaired) electrons. The molecule has 39 heavy (non-hydrogen) atoms. The van der Waals surface area contributed by atoms with Crippen molar-refractivity contribution in [1.29, 1.82) is 0 Å². The molecule has 3 aromatic carbocycles. The van der Waals surface area contributed by atoms with Crippen LogP contribution in [0.5, 0.6) is 11.5 Å². The lowest BCUT2D eigenvalue weighted by molar-refractivity contribution is -0.132. The summed E-state index contributed by atoms with van der Waals surface area (Å²) in [5.74, 6) is -0.237. The van der Waals surface area contributed by atoms with E-state index in [2.05, 4.69) is 0 Å². The maximum absolute atomic E-state index is 13.7. The molecule has 204 valence electrons. The predicted molar refractivity (Wildman–Crippen MR) is 155 cm³/mol. The standard InChI is InChI=1S/C32H36N2O5/c1-8-39-24-11-9-10-23(17-24)34-29(21-12-14-22(15-13-21)33(5)6)28(31(36)32(34)37)30(35)26-18-25(19(2)3)27(38-7)16-20(26)4/h9-19,29,35H,8H2,1-7H3/b30-28+. The van der Waals surface area contributed by atoms with E-state index in [-0.39, 0.29) is 17.3 Å². The van der Waals surface area contributed by atoms with Gasteiger partial charge in [-0.25, -0.2) is 0 Å². The topological polar surface area (TPSA) is 79.3 Å². The number of aliphatic hydroxyl groups excluding tert-OH is 1. The molecule has 0 aromatic heterocycles. The molecule has 1 heterocycles. The average molecular weight is 529 g/mol. The summed E-state index contributed by atoms with van der Waals surface area (Å²) in [7, 11) is 5.50. The van der Waals surface area contributed by atoms with E-state index in [4.69, 9.17) is 9.47 Å². The Kier molecular flexibility index (Phi) is 8.00. The van der Waals surface area contributed by atoms with Gasteiger partial charge >= 0.3 is 0 Å². The van der Waals surface area contributed by atoms with Gasteiger partial charge in [-0.2, -0.15) is 0 Å². The third-order valence-electron chi connectivity index (χ3n) is 7.03. The Morgan fingerprint density at radius 3 is 2.33 bits per heavy atom. The number of carbonyl (C=O) groups is 2. The molecule has 7 heteroatoms. The van der Waals surface area contributed by atoms with Crippen molar-refractivity contribution in [2.75, 3.05) is 37.6 Å². The third-order valence-corrected chi connectivity index (χ3v) is 7.03. The number of nitrogens with zero attached hydrogens (tertiary/aromatic N) is 2. The molecule has 1 aliphatic heterocycles. The molecule has 3 aromatic rings. The summed E-state index contributed by atoms with van der Waals surface area (Å²) >= 11 is 0. The summed E-state index contributed by atoms with van der Waals surface area (Å²) in [5, 5.41) is 11.7. The molecule has 7 nitrogen and oxygen atoms in total. The average Bonchev–Trinajstić information content (AvgIpc) is 3.18. The molecule has 1 N–H and O–H groups in total. The third kappa shape index (κ3) is 5.21. The molecule has 1 aliphatic rings. The first-order valence-electron chi connectivity index (χ1n) is 13.1. The van der Waals surface area contributed by atoms with Crippen LogP contribution in [0.1, 0.15) is 55.0 Å². The molecular weight excluding hydrogens is 492 g/mol. The zero-order chi connectivity index (χ0) is 28.4. The Hall–Kier alpha value is -4.26. The fourth-order valence-corrected chi connectivity index (χ4v) is 4.99. The van der Waals surface area contributed by atoms with Crippen molar-refractivity contribution in [2.45, 2.75) is 39.7 Å². The van der Waals surface area contributed by atoms with Crippen molar-refractivity contribution >= 4 is 28.8 Å². The van der Waals surface area contributed by atoms with Gasteiger partial charge in [0.15, 0.2) is 0 Å². The summed E-state index contributed by atoms with van der Waals surface area (Å²) in [6.45, 7) is 8.27. The maximum Gasteiger partial charge on any atom is 0.300 e. The van der Waals surface area contributed by atoms with E-state index in [0.29, 0.717) is 34.9 Å². The number of Topliss-reactive ketones (excluding diaryl/α,β-unsaturated/α-hetero) is 1. The first kappa shape index (κ1) is 27.8. The highest BCUT2D eigenvalue weighted by Crippen LogP contribution is 2.44. The van der Waals surface area contributed by atoms with E-state index in [1.807, 2.05) is 83.1 Å². The summed E-state index contributed by atoms with van der Waals surface area (Å²) < 4.78 is 11.2. The second kappa shape index (κ2) is 11.2. The van der Waals surface area contributed by atoms with Gasteiger partial charge in [-0.1, -0.05) is 32.0 Å². The Balaban J connectivity index is 1.97. The normalized spacial score (nSPS) is 16.6. The number of hydrogen-bond acceptors (Lipinski definition) is 6. The summed E-state index contributed by atoms with van der Waals surface area (Å²) in [6.07, 6.45) is 0. The zero-order valence-corrected chi connectivity index (χ0v) is 23.6. The van der Waals surface area contributed by atoms with E-state index in [0.717, 1.165) is 16.8 Å². The van der Waals surface area contributed by atoms with Gasteiger partial charge in [0.2, 0.25) is 0 Å². The fraction of sp³-hybridized carbons (Fsp3) is 0.312. The first-order chi connectivity index (χ1) is 18.6. The largest absolute Gasteiger partial charge is 0.507 e. The molecule has 0 saturated carbocycles. The summed E-state index contributed by atoms with van der Waals surface area (Å²) in [5.41, 5.74) is 4.37. The Morgan fingerprint density at radius 2 is 1.74 bits per heavy atom. The maximum atomic E-state index is 13.7. The van der Waals surface area contributed by atoms with Gasteiger partial charge in [0, 0.05) is 37.1 Å². The second-order valence-corrected chi connectivity index (χ2v) is 10.1. The number of benzene rings is 3. The fourth-order valence-electron chi connectivity index (χ4n) is 4.99. The molecule has 1 saturated heterocycles. The minimum atomic E-state index is -0.831. The van der Waals surface area contributed by atoms with E-state index >= 15 is 0 Å². The highest BCUT2D eigenvalue weighted by Gasteiger charge is 2.47. The van der Waals surface area contributed by atoms with Gasteiger partial charge in [-0.15, -0.1) is 0 Å². The van der Waals surface area contributed by atoms with E-state index in [9.17, 15) is 14.7 Å². The SMILES string of the molecule is CCOc1cccc(N2C(=O)C(=O)/C(=C(/O)c3cc(C(C)C)c(OC)cc3C)C2c2ccc(N(C)C)cc2)c1. The number of ether oxygens (including phenoxy) is 2. The molecule has 0 aliphatic carbocycles. The van der Waals surface area contributed by atoms with Gasteiger partial charge < -0.3 is 19.5 Å². The van der Waals surface area contributed by atoms with Gasteiger partial charge in [-0.05, 0) is 72.9 Å². The van der Waals surface area contributed by atoms with Crippen LogP contribution in [0.15, 0.2) is 66.2 Å². The quantitative estimate of drug-likeness (QED) is 0.213. The van der Waals surface area contributed by atoms with Crippen molar-refractivity contribution < 1.29 is 24.2 Å². The van der Waals surface area contributed by atoms with Crippen LogP contribution in [0, 0.1) is 6.92 Å². The first-order valence-corrected chi connectivity index (χ1v) is 13.1. The molecule has 1 amide bonds. The molecule has 0 spiro atoms. The minimum absolute atomic E-state index is 0.0439.